The number of amides is 1. The maximum Gasteiger partial charge on any atom is 0.220 e. The topological polar surface area (TPSA) is 69.6 Å². The fraction of sp³-hybridized carbons (Fsp3) is 0.857. The normalized spacial score (nSPS) is 13.0. The van der Waals surface area contributed by atoms with Crippen molar-refractivity contribution in [1.29, 1.82) is 0 Å². The summed E-state index contributed by atoms with van der Waals surface area (Å²) in [5, 5.41) is 23.5. The highest BCUT2D eigenvalue weighted by molar-refractivity contribution is 5.76. The van der Waals surface area contributed by atoms with Crippen molar-refractivity contribution in [3.8, 4) is 0 Å². The Hall–Kier alpha value is -1.91. The Labute approximate surface area is 508 Å². The molecule has 0 aliphatic rings. The number of unbranched alkanes of at least 4 members (excludes halogenated alkanes) is 52. The van der Waals surface area contributed by atoms with Gasteiger partial charge in [-0.25, -0.2) is 0 Å². The lowest BCUT2D eigenvalue weighted by atomic mass is 10.0. The minimum Gasteiger partial charge on any atom is -0.394 e. The number of carbonyl (C=O) groups is 1. The highest BCUT2D eigenvalue weighted by Crippen LogP contribution is 2.20. The minimum absolute atomic E-state index is 0.0234. The summed E-state index contributed by atoms with van der Waals surface area (Å²) in [7, 11) is 0. The summed E-state index contributed by atoms with van der Waals surface area (Å²) >= 11 is 0. The zero-order valence-electron chi connectivity index (χ0n) is 55.1. The molecule has 3 N–H and O–H groups in total. The molecule has 0 rings (SSSR count). The van der Waals surface area contributed by atoms with Gasteiger partial charge in [0.1, 0.15) is 0 Å². The molecule has 0 aliphatic carbocycles. The predicted molar refractivity (Wildman–Crippen MR) is 364 cm³/mol. The van der Waals surface area contributed by atoms with Gasteiger partial charge in [-0.15, -0.1) is 0 Å². The minimum atomic E-state index is -0.662. The molecule has 4 nitrogen and oxygen atoms in total. The van der Waals surface area contributed by atoms with Crippen LogP contribution in [0.5, 0.6) is 0 Å². The average molecular weight is 1130 g/mol. The first-order chi connectivity index (χ1) is 40.2. The fourth-order valence-electron chi connectivity index (χ4n) is 11.7. The van der Waals surface area contributed by atoms with Gasteiger partial charge in [-0.1, -0.05) is 402 Å². The van der Waals surface area contributed by atoms with Crippen molar-refractivity contribution in [2.45, 2.75) is 418 Å². The quantitative estimate of drug-likeness (QED) is 0.0420. The maximum atomic E-state index is 12.6. The smallest absolute Gasteiger partial charge is 0.220 e. The molecular weight excluding hydrogens is 987 g/mol. The third-order valence-electron chi connectivity index (χ3n) is 17.3. The zero-order valence-corrected chi connectivity index (χ0v) is 55.1. The second-order valence-electron chi connectivity index (χ2n) is 25.3. The van der Waals surface area contributed by atoms with Crippen molar-refractivity contribution >= 4 is 5.91 Å². The molecule has 0 fully saturated rings. The highest BCUT2D eigenvalue weighted by Gasteiger charge is 2.20. The predicted octanol–water partition coefficient (Wildman–Crippen LogP) is 25.4. The average Bonchev–Trinajstić information content (AvgIpc) is 3.47. The van der Waals surface area contributed by atoms with Crippen LogP contribution >= 0.6 is 0 Å². The van der Waals surface area contributed by atoms with E-state index in [2.05, 4.69) is 79.9 Å². The SMILES string of the molecule is CC/C=C\C/C=C\C/C=C\C/C=C\C/C=C\CCCCCCCCCCCCCCCCCCCCCCCC(=O)NC(CO)C(O)CCCCCCCCCCCCCCCCCCCCCCCCCCCCCCCCCC. The van der Waals surface area contributed by atoms with Gasteiger partial charge in [0.25, 0.3) is 0 Å². The number of hydrogen-bond donors (Lipinski definition) is 3. The number of allylic oxidation sites excluding steroid dienone is 10. The van der Waals surface area contributed by atoms with Crippen molar-refractivity contribution in [3.63, 3.8) is 0 Å². The molecule has 4 heteroatoms. The van der Waals surface area contributed by atoms with E-state index < -0.39 is 12.1 Å². The Morgan fingerprint density at radius 2 is 0.543 bits per heavy atom. The van der Waals surface area contributed by atoms with Gasteiger partial charge in [-0.2, -0.15) is 0 Å². The van der Waals surface area contributed by atoms with Crippen LogP contribution in [0.4, 0.5) is 0 Å². The lowest BCUT2D eigenvalue weighted by Gasteiger charge is -2.22. The molecule has 0 saturated carbocycles. The summed E-state index contributed by atoms with van der Waals surface area (Å²) in [5.74, 6) is -0.0234. The molecule has 0 aliphatic heterocycles. The lowest BCUT2D eigenvalue weighted by molar-refractivity contribution is -0.123. The van der Waals surface area contributed by atoms with Gasteiger partial charge < -0.3 is 15.5 Å². The molecule has 81 heavy (non-hydrogen) atoms. The Bertz CT molecular complexity index is 1330. The third-order valence-corrected chi connectivity index (χ3v) is 17.3. The van der Waals surface area contributed by atoms with Crippen LogP contribution in [-0.4, -0.2) is 34.9 Å². The van der Waals surface area contributed by atoms with Gasteiger partial charge in [0.15, 0.2) is 0 Å². The van der Waals surface area contributed by atoms with Gasteiger partial charge in [-0.05, 0) is 57.8 Å². The van der Waals surface area contributed by atoms with Crippen LogP contribution in [0.2, 0.25) is 0 Å². The van der Waals surface area contributed by atoms with Crippen LogP contribution in [0.1, 0.15) is 406 Å². The second-order valence-corrected chi connectivity index (χ2v) is 25.3. The summed E-state index contributed by atoms with van der Waals surface area (Å²) in [6, 6.07) is -0.538. The zero-order chi connectivity index (χ0) is 58.4. The number of aliphatic hydroxyl groups is 2. The maximum absolute atomic E-state index is 12.6. The van der Waals surface area contributed by atoms with Gasteiger partial charge in [0.05, 0.1) is 18.8 Å². The first-order valence-electron chi connectivity index (χ1n) is 37.0. The van der Waals surface area contributed by atoms with Crippen LogP contribution in [0, 0.1) is 0 Å². The van der Waals surface area contributed by atoms with Crippen molar-refractivity contribution in [2.24, 2.45) is 0 Å². The Balaban J connectivity index is 3.39. The van der Waals surface area contributed by atoms with Crippen LogP contribution < -0.4 is 5.32 Å². The number of nitrogens with one attached hydrogen (secondary N) is 1. The molecule has 1 amide bonds. The van der Waals surface area contributed by atoms with E-state index in [0.29, 0.717) is 12.8 Å². The summed E-state index contributed by atoms with van der Waals surface area (Å²) in [6.07, 6.45) is 103. The summed E-state index contributed by atoms with van der Waals surface area (Å²) in [6.45, 7) is 4.29. The number of hydrogen-bond acceptors (Lipinski definition) is 3. The van der Waals surface area contributed by atoms with E-state index >= 15 is 0 Å². The van der Waals surface area contributed by atoms with Crippen molar-refractivity contribution in [3.05, 3.63) is 60.8 Å². The van der Waals surface area contributed by atoms with E-state index in [9.17, 15) is 15.0 Å². The number of rotatable bonds is 69. The number of carbonyl (C=O) groups excluding carboxylic acids is 1. The van der Waals surface area contributed by atoms with Crippen LogP contribution in [0.3, 0.4) is 0 Å². The van der Waals surface area contributed by atoms with Crippen molar-refractivity contribution in [1.82, 2.24) is 5.32 Å². The molecule has 476 valence electrons. The fourth-order valence-corrected chi connectivity index (χ4v) is 11.7. The molecule has 0 saturated heterocycles. The van der Waals surface area contributed by atoms with Crippen LogP contribution in [0.15, 0.2) is 60.8 Å². The van der Waals surface area contributed by atoms with Gasteiger partial charge >= 0.3 is 0 Å². The molecule has 0 heterocycles. The summed E-state index contributed by atoms with van der Waals surface area (Å²) in [4.78, 5) is 12.6. The van der Waals surface area contributed by atoms with Gasteiger partial charge in [-0.3, -0.25) is 4.79 Å². The van der Waals surface area contributed by atoms with E-state index in [-0.39, 0.29) is 12.5 Å². The van der Waals surface area contributed by atoms with Crippen LogP contribution in [0.25, 0.3) is 0 Å². The molecule has 0 spiro atoms. The monoisotopic (exact) mass is 1130 g/mol. The Morgan fingerprint density at radius 1 is 0.309 bits per heavy atom. The van der Waals surface area contributed by atoms with E-state index in [1.807, 2.05) is 0 Å². The van der Waals surface area contributed by atoms with Crippen molar-refractivity contribution in [2.75, 3.05) is 6.61 Å². The molecule has 0 radical (unpaired) electrons. The molecule has 0 bridgehead atoms. The molecule has 0 aromatic carbocycles. The second kappa shape index (κ2) is 72.3. The van der Waals surface area contributed by atoms with E-state index in [1.165, 1.54) is 321 Å². The molecule has 0 aromatic rings. The third kappa shape index (κ3) is 68.8. The lowest BCUT2D eigenvalue weighted by Crippen LogP contribution is -2.45. The van der Waals surface area contributed by atoms with Gasteiger partial charge in [0.2, 0.25) is 5.91 Å². The molecule has 2 unspecified atom stereocenters. The largest absolute Gasteiger partial charge is 0.394 e. The first-order valence-corrected chi connectivity index (χ1v) is 37.0. The van der Waals surface area contributed by atoms with E-state index in [1.54, 1.807) is 0 Å². The van der Waals surface area contributed by atoms with E-state index in [4.69, 9.17) is 0 Å². The molecule has 0 aromatic heterocycles. The standard InChI is InChI=1S/C77H145NO3/c1-3-5-7-9-11-13-15-17-19-21-23-25-27-29-31-33-35-37-38-39-40-41-43-45-47-49-51-53-55-57-59-61-63-65-67-69-71-73-77(81)78-75(74-79)76(80)72-70-68-66-64-62-60-58-56-54-52-50-48-46-44-42-36-34-32-30-28-26-24-22-20-18-16-14-12-10-8-6-4-2/h5,7,11,13,17,19,23,25,29,31,75-76,79-80H,3-4,6,8-10,12,14-16,18,20-22,24,26-28,30,32-74H2,1-2H3,(H,78,81)/b7-5-,13-11-,19-17-,25-23-,31-29-. The van der Waals surface area contributed by atoms with Gasteiger partial charge in [0, 0.05) is 6.42 Å². The van der Waals surface area contributed by atoms with E-state index in [0.717, 1.165) is 57.8 Å². The molecular formula is C77H145NO3. The summed E-state index contributed by atoms with van der Waals surface area (Å²) in [5.41, 5.74) is 0. The Morgan fingerprint density at radius 3 is 0.815 bits per heavy atom. The number of aliphatic hydroxyl groups excluding tert-OH is 2. The Kier molecular flexibility index (Phi) is 70.6. The van der Waals surface area contributed by atoms with Crippen molar-refractivity contribution < 1.29 is 15.0 Å². The molecule has 2 atom stereocenters. The van der Waals surface area contributed by atoms with Crippen LogP contribution in [-0.2, 0) is 4.79 Å². The summed E-state index contributed by atoms with van der Waals surface area (Å²) < 4.78 is 0. The highest BCUT2D eigenvalue weighted by atomic mass is 16.3. The first kappa shape index (κ1) is 79.1.